The van der Waals surface area contributed by atoms with Crippen molar-refractivity contribution in [1.29, 1.82) is 0 Å². The van der Waals surface area contributed by atoms with Crippen LogP contribution in [-0.2, 0) is 0 Å². The zero-order chi connectivity index (χ0) is 15.4. The third-order valence-corrected chi connectivity index (χ3v) is 4.76. The normalized spacial score (nSPS) is 20.0. The maximum atomic E-state index is 12.3. The SMILES string of the molecule is Nc1ccc(N2CCN(C(=O)NC3CCCCC3)CC2)cc1. The zero-order valence-corrected chi connectivity index (χ0v) is 13.1. The van der Waals surface area contributed by atoms with E-state index in [1.165, 1.54) is 24.9 Å². The summed E-state index contributed by atoms with van der Waals surface area (Å²) in [6.07, 6.45) is 6.08. The van der Waals surface area contributed by atoms with Gasteiger partial charge < -0.3 is 20.9 Å². The van der Waals surface area contributed by atoms with Gasteiger partial charge in [-0.2, -0.15) is 0 Å². The van der Waals surface area contributed by atoms with Gasteiger partial charge in [-0.05, 0) is 37.1 Å². The van der Waals surface area contributed by atoms with E-state index in [1.54, 1.807) is 0 Å². The van der Waals surface area contributed by atoms with E-state index in [4.69, 9.17) is 5.73 Å². The van der Waals surface area contributed by atoms with Crippen LogP contribution in [0.3, 0.4) is 0 Å². The first-order valence-corrected chi connectivity index (χ1v) is 8.38. The van der Waals surface area contributed by atoms with Crippen LogP contribution in [0.5, 0.6) is 0 Å². The third kappa shape index (κ3) is 3.64. The number of nitrogen functional groups attached to an aromatic ring is 1. The van der Waals surface area contributed by atoms with Crippen molar-refractivity contribution in [2.24, 2.45) is 0 Å². The second-order valence-corrected chi connectivity index (χ2v) is 6.35. The lowest BCUT2D eigenvalue weighted by atomic mass is 9.96. The monoisotopic (exact) mass is 302 g/mol. The Morgan fingerprint density at radius 2 is 1.64 bits per heavy atom. The summed E-state index contributed by atoms with van der Waals surface area (Å²) in [5, 5.41) is 3.20. The van der Waals surface area contributed by atoms with E-state index < -0.39 is 0 Å². The molecule has 0 unspecified atom stereocenters. The van der Waals surface area contributed by atoms with Crippen molar-refractivity contribution in [3.05, 3.63) is 24.3 Å². The number of carbonyl (C=O) groups is 1. The average Bonchev–Trinajstić information content (AvgIpc) is 2.57. The van der Waals surface area contributed by atoms with E-state index in [2.05, 4.69) is 10.2 Å². The summed E-state index contributed by atoms with van der Waals surface area (Å²) >= 11 is 0. The fraction of sp³-hybridized carbons (Fsp3) is 0.588. The standard InChI is InChI=1S/C17H26N4O/c18-14-6-8-16(9-7-14)20-10-12-21(13-11-20)17(22)19-15-4-2-1-3-5-15/h6-9,15H,1-5,10-13,18H2,(H,19,22). The fourth-order valence-electron chi connectivity index (χ4n) is 3.37. The zero-order valence-electron chi connectivity index (χ0n) is 13.1. The summed E-state index contributed by atoms with van der Waals surface area (Å²) < 4.78 is 0. The predicted molar refractivity (Wildman–Crippen MR) is 90.0 cm³/mol. The number of hydrogen-bond acceptors (Lipinski definition) is 3. The van der Waals surface area contributed by atoms with Gasteiger partial charge in [0.2, 0.25) is 0 Å². The van der Waals surface area contributed by atoms with Gasteiger partial charge in [0.05, 0.1) is 0 Å². The predicted octanol–water partition coefficient (Wildman–Crippen LogP) is 2.43. The summed E-state index contributed by atoms with van der Waals surface area (Å²) in [7, 11) is 0. The van der Waals surface area contributed by atoms with Crippen molar-refractivity contribution in [2.75, 3.05) is 36.8 Å². The molecule has 5 heteroatoms. The number of rotatable bonds is 2. The van der Waals surface area contributed by atoms with E-state index in [0.717, 1.165) is 44.7 Å². The molecule has 22 heavy (non-hydrogen) atoms. The van der Waals surface area contributed by atoms with Crippen LogP contribution in [0.1, 0.15) is 32.1 Å². The number of urea groups is 1. The van der Waals surface area contributed by atoms with Gasteiger partial charge in [0.25, 0.3) is 0 Å². The Hall–Kier alpha value is -1.91. The molecule has 0 bridgehead atoms. The van der Waals surface area contributed by atoms with Crippen LogP contribution < -0.4 is 16.0 Å². The van der Waals surface area contributed by atoms with Crippen molar-refractivity contribution in [3.8, 4) is 0 Å². The van der Waals surface area contributed by atoms with Gasteiger partial charge in [-0.25, -0.2) is 4.79 Å². The molecule has 3 N–H and O–H groups in total. The summed E-state index contributed by atoms with van der Waals surface area (Å²) in [5.41, 5.74) is 7.70. The van der Waals surface area contributed by atoms with Gasteiger partial charge in [0.1, 0.15) is 0 Å². The Morgan fingerprint density at radius 3 is 2.27 bits per heavy atom. The minimum Gasteiger partial charge on any atom is -0.399 e. The van der Waals surface area contributed by atoms with Gasteiger partial charge in [0, 0.05) is 43.6 Å². The molecule has 2 fully saturated rings. The third-order valence-electron chi connectivity index (χ3n) is 4.76. The molecule has 2 aliphatic rings. The molecular weight excluding hydrogens is 276 g/mol. The minimum atomic E-state index is 0.115. The smallest absolute Gasteiger partial charge is 0.317 e. The average molecular weight is 302 g/mol. The van der Waals surface area contributed by atoms with Crippen LogP contribution in [0, 0.1) is 0 Å². The quantitative estimate of drug-likeness (QED) is 0.825. The number of benzene rings is 1. The number of carbonyl (C=O) groups excluding carboxylic acids is 1. The van der Waals surface area contributed by atoms with Crippen LogP contribution >= 0.6 is 0 Å². The Balaban J connectivity index is 1.48. The highest BCUT2D eigenvalue weighted by Crippen LogP contribution is 2.19. The molecule has 1 aliphatic heterocycles. The van der Waals surface area contributed by atoms with Gasteiger partial charge in [0.15, 0.2) is 0 Å². The first-order valence-electron chi connectivity index (χ1n) is 8.38. The molecule has 0 atom stereocenters. The number of hydrogen-bond donors (Lipinski definition) is 2. The lowest BCUT2D eigenvalue weighted by Gasteiger charge is -2.37. The number of amides is 2. The molecule has 1 aromatic rings. The van der Waals surface area contributed by atoms with Crippen molar-refractivity contribution in [1.82, 2.24) is 10.2 Å². The van der Waals surface area contributed by atoms with Crippen molar-refractivity contribution in [2.45, 2.75) is 38.1 Å². The Kier molecular flexibility index (Phi) is 4.71. The van der Waals surface area contributed by atoms with Crippen LogP contribution in [0.15, 0.2) is 24.3 Å². The van der Waals surface area contributed by atoms with Crippen LogP contribution in [0.2, 0.25) is 0 Å². The molecular formula is C17H26N4O. The van der Waals surface area contributed by atoms with E-state index in [9.17, 15) is 4.79 Å². The Labute approximate surface area is 132 Å². The van der Waals surface area contributed by atoms with Crippen molar-refractivity contribution in [3.63, 3.8) is 0 Å². The van der Waals surface area contributed by atoms with Gasteiger partial charge in [-0.1, -0.05) is 19.3 Å². The molecule has 120 valence electrons. The van der Waals surface area contributed by atoms with E-state index in [-0.39, 0.29) is 6.03 Å². The lowest BCUT2D eigenvalue weighted by Crippen LogP contribution is -2.53. The van der Waals surface area contributed by atoms with E-state index in [1.807, 2.05) is 29.2 Å². The largest absolute Gasteiger partial charge is 0.399 e. The van der Waals surface area contributed by atoms with Crippen LogP contribution in [0.25, 0.3) is 0 Å². The molecule has 5 nitrogen and oxygen atoms in total. The molecule has 3 rings (SSSR count). The lowest BCUT2D eigenvalue weighted by molar-refractivity contribution is 0.186. The molecule has 0 aromatic heterocycles. The van der Waals surface area contributed by atoms with Crippen LogP contribution in [0.4, 0.5) is 16.2 Å². The summed E-state index contributed by atoms with van der Waals surface area (Å²) in [4.78, 5) is 16.6. The molecule has 1 saturated heterocycles. The maximum absolute atomic E-state index is 12.3. The highest BCUT2D eigenvalue weighted by molar-refractivity contribution is 5.75. The number of nitrogens with one attached hydrogen (secondary N) is 1. The molecule has 0 spiro atoms. The maximum Gasteiger partial charge on any atom is 0.317 e. The number of nitrogens with zero attached hydrogens (tertiary/aromatic N) is 2. The first-order chi connectivity index (χ1) is 10.7. The van der Waals surface area contributed by atoms with Crippen molar-refractivity contribution < 1.29 is 4.79 Å². The minimum absolute atomic E-state index is 0.115. The molecule has 1 saturated carbocycles. The summed E-state index contributed by atoms with van der Waals surface area (Å²) in [6, 6.07) is 8.45. The molecule has 2 amide bonds. The Bertz CT molecular complexity index is 488. The second-order valence-electron chi connectivity index (χ2n) is 6.35. The molecule has 1 aromatic carbocycles. The second kappa shape index (κ2) is 6.90. The molecule has 1 heterocycles. The number of piperazine rings is 1. The summed E-state index contributed by atoms with van der Waals surface area (Å²) in [5.74, 6) is 0. The van der Waals surface area contributed by atoms with E-state index in [0.29, 0.717) is 6.04 Å². The Morgan fingerprint density at radius 1 is 1.00 bits per heavy atom. The van der Waals surface area contributed by atoms with Gasteiger partial charge in [-0.3, -0.25) is 0 Å². The van der Waals surface area contributed by atoms with Crippen molar-refractivity contribution >= 4 is 17.4 Å². The number of nitrogens with two attached hydrogens (primary N) is 1. The van der Waals surface area contributed by atoms with Gasteiger partial charge in [-0.15, -0.1) is 0 Å². The topological polar surface area (TPSA) is 61.6 Å². The highest BCUT2D eigenvalue weighted by atomic mass is 16.2. The van der Waals surface area contributed by atoms with Crippen LogP contribution in [-0.4, -0.2) is 43.2 Å². The highest BCUT2D eigenvalue weighted by Gasteiger charge is 2.23. The fourth-order valence-corrected chi connectivity index (χ4v) is 3.37. The molecule has 1 aliphatic carbocycles. The summed E-state index contributed by atoms with van der Waals surface area (Å²) in [6.45, 7) is 3.32. The first kappa shape index (κ1) is 15.0. The van der Waals surface area contributed by atoms with Gasteiger partial charge >= 0.3 is 6.03 Å². The molecule has 0 radical (unpaired) electrons. The van der Waals surface area contributed by atoms with E-state index >= 15 is 0 Å². The number of anilines is 2.